The van der Waals surface area contributed by atoms with E-state index < -0.39 is 72.9 Å². The fourth-order valence-corrected chi connectivity index (χ4v) is 7.24. The molecule has 0 saturated carbocycles. The van der Waals surface area contributed by atoms with Gasteiger partial charge in [-0.1, -0.05) is 53.9 Å². The Morgan fingerprint density at radius 3 is 2.45 bits per heavy atom. The Labute approximate surface area is 304 Å². The summed E-state index contributed by atoms with van der Waals surface area (Å²) < 4.78 is 28.0. The van der Waals surface area contributed by atoms with Crippen molar-refractivity contribution in [1.82, 2.24) is 19.8 Å². The van der Waals surface area contributed by atoms with Crippen molar-refractivity contribution >= 4 is 23.3 Å². The number of nitrogens with zero attached hydrogens (tertiary/aromatic N) is 3. The highest BCUT2D eigenvalue weighted by molar-refractivity contribution is 7.09. The number of ether oxygens (including phenoxy) is 4. The number of carbonyl (C=O) groups excluding carboxylic acids is 2. The third-order valence-corrected chi connectivity index (χ3v) is 10.3. The van der Waals surface area contributed by atoms with E-state index in [9.17, 15) is 24.9 Å². The Hall–Kier alpha value is -2.92. The van der Waals surface area contributed by atoms with Crippen LogP contribution < -0.4 is 5.32 Å². The lowest BCUT2D eigenvalue weighted by atomic mass is 9.82. The zero-order chi connectivity index (χ0) is 37.1. The average Bonchev–Trinajstić information content (AvgIpc) is 3.63. The van der Waals surface area contributed by atoms with Gasteiger partial charge >= 0.3 is 5.97 Å². The highest BCUT2D eigenvalue weighted by Gasteiger charge is 2.48. The van der Waals surface area contributed by atoms with Crippen LogP contribution in [0.5, 0.6) is 0 Å². The van der Waals surface area contributed by atoms with Gasteiger partial charge in [0.25, 0.3) is 0 Å². The van der Waals surface area contributed by atoms with E-state index in [0.717, 1.165) is 16.0 Å². The number of cyclic esters (lactones) is 1. The number of aliphatic hydroxyl groups is 3. The van der Waals surface area contributed by atoms with Crippen molar-refractivity contribution in [3.8, 4) is 10.4 Å². The zero-order valence-corrected chi connectivity index (χ0v) is 31.1. The van der Waals surface area contributed by atoms with E-state index in [4.69, 9.17) is 18.9 Å². The van der Waals surface area contributed by atoms with Gasteiger partial charge < -0.3 is 44.5 Å². The van der Waals surface area contributed by atoms with Gasteiger partial charge in [-0.25, -0.2) is 0 Å². The van der Waals surface area contributed by atoms with E-state index in [-0.39, 0.29) is 12.2 Å². The summed E-state index contributed by atoms with van der Waals surface area (Å²) in [5.74, 6) is -1.52. The summed E-state index contributed by atoms with van der Waals surface area (Å²) in [5.41, 5.74) is 2.11. The molecule has 13 nitrogen and oxygen atoms in total. The summed E-state index contributed by atoms with van der Waals surface area (Å²) in [6.45, 7) is 6.39. The monoisotopic (exact) mass is 730 g/mol. The van der Waals surface area contributed by atoms with E-state index in [1.165, 1.54) is 24.7 Å². The molecule has 1 saturated heterocycles. The van der Waals surface area contributed by atoms with E-state index in [0.29, 0.717) is 32.4 Å². The fourth-order valence-electron chi connectivity index (χ4n) is 6.72. The number of hydrogen-bond acceptors (Lipinski definition) is 14. The molecule has 0 unspecified atom stereocenters. The molecule has 4 N–H and O–H groups in total. The maximum absolute atomic E-state index is 13.3. The van der Waals surface area contributed by atoms with Crippen LogP contribution in [0.1, 0.15) is 52.0 Å². The number of ketones is 1. The molecule has 2 aliphatic rings. The third-order valence-electron chi connectivity index (χ3n) is 9.58. The standard InChI is InChI=1S/C37H54N4O9S/c1-22-18-27(16-17-38-20-25-12-14-26(15-13-25)30-21-39-40-51-30)35(50-37-34(46)32(41(4)5)33(45)24(3)49-37)36(47-6)29(43)19-31(44)48-23(2)10-8-7-9-11-28(22)42/h7-9,11-15,21-24,27,29,32-38,43,45-46H,10,16-20H2,1-6H3/b8-7+,11-9+/t22-,23-,24-,27+,29-,32+,33-,34-,35+,36+,37+/m1/s1. The van der Waals surface area contributed by atoms with Gasteiger partial charge in [0.1, 0.15) is 18.3 Å². The van der Waals surface area contributed by atoms with Crippen molar-refractivity contribution in [2.45, 2.75) is 108 Å². The van der Waals surface area contributed by atoms with Gasteiger partial charge in [0.15, 0.2) is 12.1 Å². The Morgan fingerprint density at radius 1 is 1.04 bits per heavy atom. The number of carbonyl (C=O) groups is 2. The molecular formula is C37H54N4O9S. The van der Waals surface area contributed by atoms with Crippen LogP contribution in [-0.4, -0.2) is 124 Å². The molecule has 282 valence electrons. The predicted molar refractivity (Wildman–Crippen MR) is 193 cm³/mol. The van der Waals surface area contributed by atoms with Crippen molar-refractivity contribution in [2.75, 3.05) is 27.7 Å². The molecule has 0 bridgehead atoms. The molecule has 4 rings (SSSR count). The molecule has 2 aromatic rings. The number of esters is 1. The minimum atomic E-state index is -1.34. The van der Waals surface area contributed by atoms with E-state index in [1.807, 2.05) is 37.3 Å². The van der Waals surface area contributed by atoms with Crippen LogP contribution in [0.4, 0.5) is 0 Å². The second-order valence-electron chi connectivity index (χ2n) is 13.8. The molecule has 0 aliphatic carbocycles. The topological polar surface area (TPSA) is 173 Å². The average molecular weight is 731 g/mol. The lowest BCUT2D eigenvalue weighted by molar-refractivity contribution is -0.309. The number of rotatable bonds is 10. The minimum Gasteiger partial charge on any atom is -0.462 e. The molecule has 1 aromatic carbocycles. The highest BCUT2D eigenvalue weighted by Crippen LogP contribution is 2.33. The summed E-state index contributed by atoms with van der Waals surface area (Å²) in [5, 5.41) is 41.2. The van der Waals surface area contributed by atoms with Gasteiger partial charge in [-0.2, -0.15) is 0 Å². The first-order chi connectivity index (χ1) is 24.4. The maximum atomic E-state index is 13.3. The van der Waals surface area contributed by atoms with Crippen LogP contribution in [0.2, 0.25) is 0 Å². The molecule has 0 amide bonds. The Balaban J connectivity index is 1.62. The number of allylic oxidation sites excluding steroid dienone is 3. The summed E-state index contributed by atoms with van der Waals surface area (Å²) in [6, 6.07) is 7.43. The molecule has 0 radical (unpaired) electrons. The summed E-state index contributed by atoms with van der Waals surface area (Å²) in [7, 11) is 4.93. The van der Waals surface area contributed by atoms with Gasteiger partial charge in [0.2, 0.25) is 0 Å². The first-order valence-electron chi connectivity index (χ1n) is 17.6. The van der Waals surface area contributed by atoms with Crippen LogP contribution in [0.15, 0.2) is 54.8 Å². The Morgan fingerprint density at radius 2 is 1.78 bits per heavy atom. The largest absolute Gasteiger partial charge is 0.462 e. The van der Waals surface area contributed by atoms with Gasteiger partial charge in [-0.15, -0.1) is 5.10 Å². The van der Waals surface area contributed by atoms with Crippen molar-refractivity contribution in [2.24, 2.45) is 11.8 Å². The molecule has 0 spiro atoms. The number of aliphatic hydroxyl groups excluding tert-OH is 3. The van der Waals surface area contributed by atoms with Crippen molar-refractivity contribution in [3.63, 3.8) is 0 Å². The van der Waals surface area contributed by atoms with Crippen LogP contribution in [-0.2, 0) is 35.1 Å². The summed E-state index contributed by atoms with van der Waals surface area (Å²) in [6.07, 6.45) is 1.50. The quantitative estimate of drug-likeness (QED) is 0.208. The van der Waals surface area contributed by atoms with Crippen LogP contribution >= 0.6 is 11.5 Å². The molecule has 1 aromatic heterocycles. The van der Waals surface area contributed by atoms with Gasteiger partial charge in [0, 0.05) is 26.0 Å². The Bertz CT molecular complexity index is 1420. The Kier molecular flexibility index (Phi) is 15.8. The maximum Gasteiger partial charge on any atom is 0.308 e. The first-order valence-corrected chi connectivity index (χ1v) is 18.3. The fraction of sp³-hybridized carbons (Fsp3) is 0.622. The number of aromatic nitrogens is 2. The highest BCUT2D eigenvalue weighted by atomic mass is 32.1. The molecular weight excluding hydrogens is 676 g/mol. The van der Waals surface area contributed by atoms with Crippen molar-refractivity contribution < 1.29 is 43.9 Å². The number of nitrogens with one attached hydrogen (secondary N) is 1. The molecule has 14 heteroatoms. The normalized spacial score (nSPS) is 34.3. The predicted octanol–water partition coefficient (Wildman–Crippen LogP) is 2.89. The van der Waals surface area contributed by atoms with Crippen LogP contribution in [0.25, 0.3) is 10.4 Å². The van der Waals surface area contributed by atoms with Crippen LogP contribution in [0, 0.1) is 11.8 Å². The van der Waals surface area contributed by atoms with E-state index in [2.05, 4.69) is 14.9 Å². The number of benzene rings is 1. The van der Waals surface area contributed by atoms with Gasteiger partial charge in [-0.3, -0.25) is 9.59 Å². The van der Waals surface area contributed by atoms with Crippen molar-refractivity contribution in [3.05, 3.63) is 60.3 Å². The number of likely N-dealkylation sites (N-methyl/N-ethyl adjacent to an activating group) is 1. The zero-order valence-electron chi connectivity index (χ0n) is 30.3. The summed E-state index contributed by atoms with van der Waals surface area (Å²) in [4.78, 5) is 29.0. The van der Waals surface area contributed by atoms with Crippen LogP contribution in [0.3, 0.4) is 0 Å². The number of methoxy groups -OCH3 is 1. The third kappa shape index (κ3) is 11.5. The van der Waals surface area contributed by atoms with Gasteiger partial charge in [0.05, 0.1) is 48.0 Å². The lowest BCUT2D eigenvalue weighted by Gasteiger charge is -2.46. The summed E-state index contributed by atoms with van der Waals surface area (Å²) >= 11 is 1.34. The molecule has 3 heterocycles. The van der Waals surface area contributed by atoms with E-state index in [1.54, 1.807) is 51.2 Å². The van der Waals surface area contributed by atoms with Gasteiger partial charge in [-0.05, 0) is 82.0 Å². The number of hydrogen-bond donors (Lipinski definition) is 4. The molecule has 11 atom stereocenters. The smallest absolute Gasteiger partial charge is 0.308 e. The first kappa shape index (κ1) is 40.8. The second-order valence-corrected chi connectivity index (χ2v) is 14.6. The van der Waals surface area contributed by atoms with Crippen molar-refractivity contribution in [1.29, 1.82) is 0 Å². The molecule has 2 aliphatic heterocycles. The minimum absolute atomic E-state index is 0.0768. The van der Waals surface area contributed by atoms with E-state index >= 15 is 0 Å². The second kappa shape index (κ2) is 19.8. The SMILES string of the molecule is CO[C@@H]1[C@@H](O[C@@H]2O[C@H](C)[C@@H](O)[C@H](N(C)C)[C@H]2O)[C@@H](CCNCc2ccc(-c3cnns3)cc2)C[C@@H](C)C(=O)/C=C/C=C/C[C@@H](C)OC(=O)C[C@H]1O. The molecule has 51 heavy (non-hydrogen) atoms. The molecule has 1 fully saturated rings. The lowest BCUT2D eigenvalue weighted by Crippen LogP contribution is -2.63.